The normalized spacial score (nSPS) is 19.1. The molecule has 0 amide bonds. The van der Waals surface area contributed by atoms with E-state index in [1.165, 1.54) is 12.1 Å². The van der Waals surface area contributed by atoms with E-state index in [9.17, 15) is 8.42 Å². The molecule has 110 valence electrons. The Bertz CT molecular complexity index is 581. The lowest BCUT2D eigenvalue weighted by atomic mass is 10.2. The fourth-order valence-electron chi connectivity index (χ4n) is 2.13. The minimum Gasteiger partial charge on any atom is -0.389 e. The smallest absolute Gasteiger partial charge is 0.240 e. The molecule has 1 atom stereocenters. The Hall–Kier alpha value is -1.02. The van der Waals surface area contributed by atoms with Crippen LogP contribution in [-0.4, -0.2) is 32.7 Å². The molecule has 1 aromatic carbocycles. The maximum atomic E-state index is 12.1. The highest BCUT2D eigenvalue weighted by Gasteiger charge is 2.18. The predicted octanol–water partition coefficient (Wildman–Crippen LogP) is 1.17. The summed E-state index contributed by atoms with van der Waals surface area (Å²) in [6, 6.07) is 6.32. The molecule has 0 aliphatic carbocycles. The summed E-state index contributed by atoms with van der Waals surface area (Å²) >= 11 is 4.85. The van der Waals surface area contributed by atoms with Gasteiger partial charge in [0.2, 0.25) is 10.0 Å². The van der Waals surface area contributed by atoms with Gasteiger partial charge in [0, 0.05) is 18.7 Å². The largest absolute Gasteiger partial charge is 0.389 e. The summed E-state index contributed by atoms with van der Waals surface area (Å²) in [5.74, 6) is 0. The van der Waals surface area contributed by atoms with Crippen molar-refractivity contribution >= 4 is 27.2 Å². The van der Waals surface area contributed by atoms with E-state index in [-0.39, 0.29) is 16.0 Å². The van der Waals surface area contributed by atoms with Crippen molar-refractivity contribution in [2.75, 3.05) is 13.2 Å². The zero-order valence-corrected chi connectivity index (χ0v) is 12.7. The molecule has 1 aromatic rings. The van der Waals surface area contributed by atoms with E-state index >= 15 is 0 Å². The minimum atomic E-state index is -3.53. The molecule has 1 aliphatic heterocycles. The number of ether oxygens (including phenoxy) is 1. The summed E-state index contributed by atoms with van der Waals surface area (Å²) in [4.78, 5) is 0.358. The Labute approximate surface area is 124 Å². The summed E-state index contributed by atoms with van der Waals surface area (Å²) in [6.45, 7) is 1.14. The quantitative estimate of drug-likeness (QED) is 0.770. The molecule has 0 saturated carbocycles. The zero-order chi connectivity index (χ0) is 14.6. The Morgan fingerprint density at radius 2 is 2.30 bits per heavy atom. The van der Waals surface area contributed by atoms with Crippen LogP contribution in [0.25, 0.3) is 0 Å². The predicted molar refractivity (Wildman–Crippen MR) is 81.1 cm³/mol. The average Bonchev–Trinajstić information content (AvgIpc) is 2.92. The Kier molecular flexibility index (Phi) is 5.09. The van der Waals surface area contributed by atoms with Crippen LogP contribution in [0, 0.1) is 0 Å². The van der Waals surface area contributed by atoms with Crippen molar-refractivity contribution in [2.24, 2.45) is 5.73 Å². The van der Waals surface area contributed by atoms with Crippen molar-refractivity contribution < 1.29 is 13.2 Å². The van der Waals surface area contributed by atoms with Crippen LogP contribution in [0.1, 0.15) is 24.8 Å². The molecule has 1 aliphatic rings. The molecule has 0 bridgehead atoms. The molecule has 7 heteroatoms. The van der Waals surface area contributed by atoms with Gasteiger partial charge in [-0.05, 0) is 31.4 Å². The molecule has 3 N–H and O–H groups in total. The lowest BCUT2D eigenvalue weighted by Gasteiger charge is -2.11. The van der Waals surface area contributed by atoms with E-state index in [2.05, 4.69) is 4.72 Å². The number of thiocarbonyl (C=S) groups is 1. The first-order valence-corrected chi connectivity index (χ1v) is 8.39. The number of hydrogen-bond donors (Lipinski definition) is 2. The van der Waals surface area contributed by atoms with Crippen molar-refractivity contribution in [3.8, 4) is 0 Å². The summed E-state index contributed by atoms with van der Waals surface area (Å²) in [6.07, 6.45) is 2.90. The van der Waals surface area contributed by atoms with Crippen LogP contribution in [0.4, 0.5) is 0 Å². The molecule has 1 saturated heterocycles. The van der Waals surface area contributed by atoms with Crippen LogP contribution >= 0.6 is 12.2 Å². The molecule has 2 rings (SSSR count). The number of sulfonamides is 1. The van der Waals surface area contributed by atoms with Crippen molar-refractivity contribution in [3.05, 3.63) is 29.8 Å². The van der Waals surface area contributed by atoms with Gasteiger partial charge in [-0.25, -0.2) is 13.1 Å². The average molecular weight is 314 g/mol. The Morgan fingerprint density at radius 1 is 1.50 bits per heavy atom. The monoisotopic (exact) mass is 314 g/mol. The molecule has 1 heterocycles. The number of hydrogen-bond acceptors (Lipinski definition) is 4. The summed E-state index contributed by atoms with van der Waals surface area (Å²) < 4.78 is 32.3. The van der Waals surface area contributed by atoms with Crippen LogP contribution in [-0.2, 0) is 14.8 Å². The van der Waals surface area contributed by atoms with Crippen LogP contribution in [0.5, 0.6) is 0 Å². The molecule has 0 aromatic heterocycles. The highest BCUT2D eigenvalue weighted by Crippen LogP contribution is 2.15. The Balaban J connectivity index is 1.98. The van der Waals surface area contributed by atoms with Gasteiger partial charge in [0.05, 0.1) is 11.0 Å². The zero-order valence-electron chi connectivity index (χ0n) is 11.0. The van der Waals surface area contributed by atoms with Crippen LogP contribution in [0.3, 0.4) is 0 Å². The molecule has 1 unspecified atom stereocenters. The van der Waals surface area contributed by atoms with Gasteiger partial charge >= 0.3 is 0 Å². The van der Waals surface area contributed by atoms with Gasteiger partial charge in [0.15, 0.2) is 0 Å². The third-order valence-corrected chi connectivity index (χ3v) is 4.91. The first-order valence-electron chi connectivity index (χ1n) is 6.50. The second kappa shape index (κ2) is 6.62. The molecule has 0 radical (unpaired) electrons. The van der Waals surface area contributed by atoms with Gasteiger partial charge in [0.25, 0.3) is 0 Å². The maximum Gasteiger partial charge on any atom is 0.240 e. The standard InChI is InChI=1S/C13H18N2O3S2/c14-13(19)10-3-1-5-12(9-10)20(16,17)15-7-6-11-4-2-8-18-11/h1,3,5,9,11,15H,2,4,6-8H2,(H2,14,19). The summed E-state index contributed by atoms with van der Waals surface area (Å²) in [5.41, 5.74) is 6.05. The fourth-order valence-corrected chi connectivity index (χ4v) is 3.35. The fraction of sp³-hybridized carbons (Fsp3) is 0.462. The molecular weight excluding hydrogens is 296 g/mol. The van der Waals surface area contributed by atoms with Gasteiger partial charge in [-0.1, -0.05) is 24.4 Å². The lowest BCUT2D eigenvalue weighted by molar-refractivity contribution is 0.105. The second-order valence-electron chi connectivity index (χ2n) is 4.71. The number of nitrogens with one attached hydrogen (secondary N) is 1. The third-order valence-electron chi connectivity index (χ3n) is 3.21. The number of rotatable bonds is 6. The van der Waals surface area contributed by atoms with Crippen molar-refractivity contribution in [1.82, 2.24) is 4.72 Å². The third kappa shape index (κ3) is 3.99. The lowest BCUT2D eigenvalue weighted by Crippen LogP contribution is -2.27. The molecule has 20 heavy (non-hydrogen) atoms. The van der Waals surface area contributed by atoms with Crippen LogP contribution < -0.4 is 10.5 Å². The van der Waals surface area contributed by atoms with Gasteiger partial charge in [-0.2, -0.15) is 0 Å². The van der Waals surface area contributed by atoms with E-state index in [4.69, 9.17) is 22.7 Å². The van der Waals surface area contributed by atoms with E-state index < -0.39 is 10.0 Å². The van der Waals surface area contributed by atoms with Gasteiger partial charge in [-0.15, -0.1) is 0 Å². The summed E-state index contributed by atoms with van der Waals surface area (Å²) in [7, 11) is -3.53. The first-order chi connectivity index (χ1) is 9.49. The highest BCUT2D eigenvalue weighted by atomic mass is 32.2. The topological polar surface area (TPSA) is 81.4 Å². The maximum absolute atomic E-state index is 12.1. The second-order valence-corrected chi connectivity index (χ2v) is 6.92. The summed E-state index contributed by atoms with van der Waals surface area (Å²) in [5, 5.41) is 0. The molecule has 1 fully saturated rings. The minimum absolute atomic E-state index is 0.167. The highest BCUT2D eigenvalue weighted by molar-refractivity contribution is 7.89. The van der Waals surface area contributed by atoms with Gasteiger partial charge in [-0.3, -0.25) is 0 Å². The first kappa shape index (κ1) is 15.4. The van der Waals surface area contributed by atoms with Crippen LogP contribution in [0.2, 0.25) is 0 Å². The molecule has 0 spiro atoms. The van der Waals surface area contributed by atoms with E-state index in [0.29, 0.717) is 18.5 Å². The van der Waals surface area contributed by atoms with Crippen molar-refractivity contribution in [1.29, 1.82) is 0 Å². The van der Waals surface area contributed by atoms with Crippen molar-refractivity contribution in [3.63, 3.8) is 0 Å². The van der Waals surface area contributed by atoms with Crippen LogP contribution in [0.15, 0.2) is 29.2 Å². The number of nitrogens with two attached hydrogens (primary N) is 1. The van der Waals surface area contributed by atoms with Gasteiger partial charge in [0.1, 0.15) is 4.99 Å². The van der Waals surface area contributed by atoms with E-state index in [1.807, 2.05) is 0 Å². The Morgan fingerprint density at radius 3 is 2.95 bits per heavy atom. The van der Waals surface area contributed by atoms with E-state index in [1.54, 1.807) is 12.1 Å². The number of benzene rings is 1. The molecule has 5 nitrogen and oxygen atoms in total. The van der Waals surface area contributed by atoms with E-state index in [0.717, 1.165) is 19.4 Å². The SMILES string of the molecule is NC(=S)c1cccc(S(=O)(=O)NCCC2CCCO2)c1. The van der Waals surface area contributed by atoms with Gasteiger partial charge < -0.3 is 10.5 Å². The molecular formula is C13H18N2O3S2. The van der Waals surface area contributed by atoms with Crippen molar-refractivity contribution in [2.45, 2.75) is 30.3 Å².